The molecule has 0 bridgehead atoms. The summed E-state index contributed by atoms with van der Waals surface area (Å²) in [5.41, 5.74) is 0. The van der Waals surface area contributed by atoms with Crippen molar-refractivity contribution in [3.05, 3.63) is 36.5 Å². The topological polar surface area (TPSA) is 26.3 Å². The minimum atomic E-state index is -0.124. The molecule has 0 saturated heterocycles. The summed E-state index contributed by atoms with van der Waals surface area (Å²) >= 11 is 2.38. The Hall–Kier alpha value is -0.580. The number of carbonyl (C=O) groups excluding carboxylic acids is 1. The van der Waals surface area contributed by atoms with Crippen LogP contribution in [-0.4, -0.2) is 17.5 Å². The van der Waals surface area contributed by atoms with Crippen molar-refractivity contribution in [1.29, 1.82) is 0 Å². The Morgan fingerprint density at radius 1 is 1.00 bits per heavy atom. The van der Waals surface area contributed by atoms with Gasteiger partial charge in [0.05, 0.1) is 7.11 Å². The number of hydrogen-bond donors (Lipinski definition) is 0. The summed E-state index contributed by atoms with van der Waals surface area (Å²) in [5.74, 6) is -0.124. The molecule has 0 N–H and O–H groups in total. The predicted molar refractivity (Wildman–Crippen MR) is 86.0 cm³/mol. The van der Waals surface area contributed by atoms with Crippen molar-refractivity contribution in [3.8, 4) is 0 Å². The summed E-state index contributed by atoms with van der Waals surface area (Å²) in [4.78, 5) is 10.8. The number of carbonyl (C=O) groups is 1. The maximum Gasteiger partial charge on any atom is 0.305 e. The summed E-state index contributed by atoms with van der Waals surface area (Å²) < 4.78 is 5.76. The molecule has 102 valence electrons. The smallest absolute Gasteiger partial charge is 0.305 e. The predicted octanol–water partition coefficient (Wildman–Crippen LogP) is 4.60. The lowest BCUT2D eigenvalue weighted by molar-refractivity contribution is -0.140. The molecule has 0 rings (SSSR count). The first-order chi connectivity index (χ1) is 8.81. The molecule has 0 spiro atoms. The van der Waals surface area contributed by atoms with Crippen LogP contribution < -0.4 is 0 Å². The number of alkyl halides is 1. The van der Waals surface area contributed by atoms with Gasteiger partial charge in [-0.1, -0.05) is 59.0 Å². The molecule has 0 aromatic carbocycles. The van der Waals surface area contributed by atoms with Gasteiger partial charge in [0.2, 0.25) is 0 Å². The fourth-order valence-corrected chi connectivity index (χ4v) is 1.67. The second kappa shape index (κ2) is 14.5. The van der Waals surface area contributed by atoms with Crippen molar-refractivity contribution in [3.63, 3.8) is 0 Å². The Kier molecular flexibility index (Phi) is 14.0. The largest absolute Gasteiger partial charge is 0.469 e. The Morgan fingerprint density at radius 2 is 1.56 bits per heavy atom. The Bertz CT molecular complexity index is 280. The lowest BCUT2D eigenvalue weighted by atomic mass is 10.2. The molecule has 0 aliphatic heterocycles. The van der Waals surface area contributed by atoms with Gasteiger partial charge in [0, 0.05) is 10.8 Å². The minimum Gasteiger partial charge on any atom is -0.469 e. The molecule has 0 radical (unpaired) electrons. The molecule has 0 unspecified atom stereocenters. The number of ether oxygens (including phenoxy) is 1. The van der Waals surface area contributed by atoms with Gasteiger partial charge in [-0.3, -0.25) is 4.79 Å². The molecular weight excluding hydrogens is 339 g/mol. The normalized spacial score (nSPS) is 11.9. The summed E-state index contributed by atoms with van der Waals surface area (Å²) in [6.07, 6.45) is 18.5. The molecule has 0 amide bonds. The van der Waals surface area contributed by atoms with Crippen molar-refractivity contribution < 1.29 is 9.53 Å². The highest BCUT2D eigenvalue weighted by Gasteiger charge is 1.96. The number of esters is 1. The fraction of sp³-hybridized carbons (Fsp3) is 0.533. The van der Waals surface area contributed by atoms with Crippen molar-refractivity contribution >= 4 is 28.6 Å². The van der Waals surface area contributed by atoms with Crippen molar-refractivity contribution in [2.45, 2.75) is 38.5 Å². The van der Waals surface area contributed by atoms with E-state index in [0.717, 1.165) is 32.1 Å². The molecule has 0 aliphatic carbocycles. The second-order valence-electron chi connectivity index (χ2n) is 3.83. The Balaban J connectivity index is 3.37. The van der Waals surface area contributed by atoms with Crippen LogP contribution in [0, 0.1) is 0 Å². The average molecular weight is 362 g/mol. The maximum absolute atomic E-state index is 10.8. The van der Waals surface area contributed by atoms with E-state index in [1.807, 2.05) is 0 Å². The van der Waals surface area contributed by atoms with E-state index in [0.29, 0.717) is 6.42 Å². The van der Waals surface area contributed by atoms with Crippen molar-refractivity contribution in [1.82, 2.24) is 0 Å². The number of methoxy groups -OCH3 is 1. The van der Waals surface area contributed by atoms with E-state index in [1.54, 1.807) is 0 Å². The Morgan fingerprint density at radius 3 is 2.11 bits per heavy atom. The van der Waals surface area contributed by atoms with Gasteiger partial charge in [-0.2, -0.15) is 0 Å². The first kappa shape index (κ1) is 17.4. The summed E-state index contributed by atoms with van der Waals surface area (Å²) in [6.45, 7) is 0. The molecule has 0 aliphatic rings. The molecule has 0 fully saturated rings. The lowest BCUT2D eigenvalue weighted by Crippen LogP contribution is -1.98. The third kappa shape index (κ3) is 13.5. The molecule has 3 heteroatoms. The monoisotopic (exact) mass is 362 g/mol. The zero-order valence-corrected chi connectivity index (χ0v) is 13.3. The van der Waals surface area contributed by atoms with Crippen LogP contribution in [0.3, 0.4) is 0 Å². The Labute approximate surface area is 124 Å². The average Bonchev–Trinajstić information content (AvgIpc) is 2.39. The van der Waals surface area contributed by atoms with E-state index < -0.39 is 0 Å². The highest BCUT2D eigenvalue weighted by molar-refractivity contribution is 14.1. The number of halogens is 1. The van der Waals surface area contributed by atoms with E-state index in [1.165, 1.54) is 11.5 Å². The highest BCUT2D eigenvalue weighted by Crippen LogP contribution is 2.00. The van der Waals surface area contributed by atoms with Crippen LogP contribution in [0.5, 0.6) is 0 Å². The number of hydrogen-bond acceptors (Lipinski definition) is 2. The van der Waals surface area contributed by atoms with Gasteiger partial charge in [-0.25, -0.2) is 0 Å². The van der Waals surface area contributed by atoms with E-state index in [4.69, 9.17) is 0 Å². The first-order valence-electron chi connectivity index (χ1n) is 6.39. The van der Waals surface area contributed by atoms with Gasteiger partial charge < -0.3 is 4.74 Å². The van der Waals surface area contributed by atoms with Gasteiger partial charge in [-0.05, 0) is 32.1 Å². The fourth-order valence-electron chi connectivity index (χ4n) is 1.31. The summed E-state index contributed by atoms with van der Waals surface area (Å²) in [6, 6.07) is 0. The molecule has 0 heterocycles. The molecular formula is C15H23IO2. The van der Waals surface area contributed by atoms with Crippen LogP contribution in [0.2, 0.25) is 0 Å². The standard InChI is InChI=1S/C15H23IO2/c1-18-15(17)13-11-9-7-5-3-2-4-6-8-10-12-14-16/h2,4-5,7-8,10H,3,6,9,11-14H2,1H3/b4-2-,7-5-,10-8-. The molecule has 0 saturated carbocycles. The van der Waals surface area contributed by atoms with E-state index in [2.05, 4.69) is 63.8 Å². The number of rotatable bonds is 10. The SMILES string of the molecule is COC(=O)CCC/C=C\C/C=C\C/C=C\CCI. The highest BCUT2D eigenvalue weighted by atomic mass is 127. The van der Waals surface area contributed by atoms with Crippen molar-refractivity contribution in [2.75, 3.05) is 11.5 Å². The zero-order valence-electron chi connectivity index (χ0n) is 11.1. The maximum atomic E-state index is 10.8. The lowest BCUT2D eigenvalue weighted by Gasteiger charge is -1.95. The molecule has 18 heavy (non-hydrogen) atoms. The number of allylic oxidation sites excluding steroid dienone is 6. The van der Waals surface area contributed by atoms with Crippen LogP contribution in [0.15, 0.2) is 36.5 Å². The van der Waals surface area contributed by atoms with Gasteiger partial charge in [0.1, 0.15) is 0 Å². The van der Waals surface area contributed by atoms with Crippen LogP contribution in [-0.2, 0) is 9.53 Å². The van der Waals surface area contributed by atoms with Crippen LogP contribution >= 0.6 is 22.6 Å². The number of unbranched alkanes of at least 4 members (excludes halogenated alkanes) is 1. The quantitative estimate of drug-likeness (QED) is 0.187. The van der Waals surface area contributed by atoms with Crippen LogP contribution in [0.4, 0.5) is 0 Å². The second-order valence-corrected chi connectivity index (χ2v) is 4.91. The molecule has 0 atom stereocenters. The van der Waals surface area contributed by atoms with Gasteiger partial charge >= 0.3 is 5.97 Å². The van der Waals surface area contributed by atoms with Crippen molar-refractivity contribution in [2.24, 2.45) is 0 Å². The minimum absolute atomic E-state index is 0.124. The van der Waals surface area contributed by atoms with E-state index >= 15 is 0 Å². The molecule has 2 nitrogen and oxygen atoms in total. The third-order valence-corrected chi connectivity index (χ3v) is 2.92. The molecule has 0 aromatic rings. The van der Waals surface area contributed by atoms with Gasteiger partial charge in [0.25, 0.3) is 0 Å². The zero-order chi connectivity index (χ0) is 13.5. The van der Waals surface area contributed by atoms with Crippen LogP contribution in [0.25, 0.3) is 0 Å². The summed E-state index contributed by atoms with van der Waals surface area (Å²) in [5, 5.41) is 0. The first-order valence-corrected chi connectivity index (χ1v) is 7.91. The van der Waals surface area contributed by atoms with Crippen LogP contribution in [0.1, 0.15) is 38.5 Å². The van der Waals surface area contributed by atoms with Gasteiger partial charge in [-0.15, -0.1) is 0 Å². The van der Waals surface area contributed by atoms with E-state index in [9.17, 15) is 4.79 Å². The summed E-state index contributed by atoms with van der Waals surface area (Å²) in [7, 11) is 1.43. The third-order valence-electron chi connectivity index (χ3n) is 2.30. The van der Waals surface area contributed by atoms with Gasteiger partial charge in [0.15, 0.2) is 0 Å². The van der Waals surface area contributed by atoms with E-state index in [-0.39, 0.29) is 5.97 Å². The molecule has 0 aromatic heterocycles.